The molecule has 1 heterocycles. The summed E-state index contributed by atoms with van der Waals surface area (Å²) in [5, 5.41) is 0. The van der Waals surface area contributed by atoms with Crippen LogP contribution in [0.4, 0.5) is 0 Å². The summed E-state index contributed by atoms with van der Waals surface area (Å²) in [5.74, 6) is 1.23. The molecule has 0 aromatic heterocycles. The number of piperazine rings is 1. The van der Waals surface area contributed by atoms with Crippen molar-refractivity contribution in [3.8, 4) is 0 Å². The summed E-state index contributed by atoms with van der Waals surface area (Å²) in [6, 6.07) is 0.226. The van der Waals surface area contributed by atoms with Crippen molar-refractivity contribution >= 4 is 5.91 Å². The van der Waals surface area contributed by atoms with Gasteiger partial charge in [-0.3, -0.25) is 4.79 Å². The maximum Gasteiger partial charge on any atom is 0.226 e. The average molecular weight is 211 g/mol. The van der Waals surface area contributed by atoms with Gasteiger partial charge in [-0.2, -0.15) is 0 Å². The second-order valence-electron chi connectivity index (χ2n) is 5.00. The van der Waals surface area contributed by atoms with E-state index in [0.717, 1.165) is 26.1 Å². The molecule has 3 unspecified atom stereocenters. The minimum Gasteiger partial charge on any atom is -0.336 e. The van der Waals surface area contributed by atoms with Gasteiger partial charge in [0.05, 0.1) is 6.04 Å². The molecule has 0 aromatic rings. The van der Waals surface area contributed by atoms with Crippen molar-refractivity contribution in [3.63, 3.8) is 0 Å². The molecular weight excluding hydrogens is 190 g/mol. The zero-order valence-corrected chi connectivity index (χ0v) is 9.65. The molecule has 4 heteroatoms. The molecule has 1 amide bonds. The molecule has 3 atom stereocenters. The van der Waals surface area contributed by atoms with E-state index in [1.54, 1.807) is 0 Å². The van der Waals surface area contributed by atoms with Crippen molar-refractivity contribution in [2.75, 3.05) is 33.2 Å². The number of carbonyl (C=O) groups excluding carboxylic acids is 1. The van der Waals surface area contributed by atoms with Crippen LogP contribution in [-0.2, 0) is 4.79 Å². The van der Waals surface area contributed by atoms with Gasteiger partial charge in [0, 0.05) is 32.1 Å². The summed E-state index contributed by atoms with van der Waals surface area (Å²) in [5.41, 5.74) is 5.73. The fraction of sp³-hybridized carbons (Fsp3) is 0.909. The van der Waals surface area contributed by atoms with Gasteiger partial charge in [0.25, 0.3) is 0 Å². The first-order valence-corrected chi connectivity index (χ1v) is 5.82. The van der Waals surface area contributed by atoms with Crippen LogP contribution < -0.4 is 5.73 Å². The zero-order valence-electron chi connectivity index (χ0n) is 9.65. The van der Waals surface area contributed by atoms with Gasteiger partial charge in [0.2, 0.25) is 5.91 Å². The molecule has 0 aromatic carbocycles. The van der Waals surface area contributed by atoms with E-state index in [1.807, 2.05) is 4.90 Å². The van der Waals surface area contributed by atoms with Crippen LogP contribution in [0.3, 0.4) is 0 Å². The van der Waals surface area contributed by atoms with E-state index in [1.165, 1.54) is 0 Å². The second kappa shape index (κ2) is 4.10. The van der Waals surface area contributed by atoms with Crippen LogP contribution in [0.25, 0.3) is 0 Å². The SMILES string of the molecule is CC1CC1C(=O)N1CCN(C)CC1CN. The highest BCUT2D eigenvalue weighted by Crippen LogP contribution is 2.39. The van der Waals surface area contributed by atoms with Crippen LogP contribution in [0.2, 0.25) is 0 Å². The van der Waals surface area contributed by atoms with Crippen molar-refractivity contribution in [1.82, 2.24) is 9.80 Å². The largest absolute Gasteiger partial charge is 0.336 e. The normalized spacial score (nSPS) is 36.7. The lowest BCUT2D eigenvalue weighted by Crippen LogP contribution is -2.57. The molecule has 0 bridgehead atoms. The highest BCUT2D eigenvalue weighted by Gasteiger charge is 2.43. The minimum absolute atomic E-state index is 0.226. The lowest BCUT2D eigenvalue weighted by atomic mass is 10.1. The molecule has 1 saturated heterocycles. The van der Waals surface area contributed by atoms with Crippen LogP contribution >= 0.6 is 0 Å². The minimum atomic E-state index is 0.226. The molecule has 2 aliphatic rings. The molecule has 0 spiro atoms. The smallest absolute Gasteiger partial charge is 0.226 e. The number of nitrogens with zero attached hydrogens (tertiary/aromatic N) is 2. The first kappa shape index (κ1) is 10.9. The van der Waals surface area contributed by atoms with E-state index in [4.69, 9.17) is 5.73 Å². The molecule has 1 aliphatic carbocycles. The zero-order chi connectivity index (χ0) is 11.0. The van der Waals surface area contributed by atoms with E-state index >= 15 is 0 Å². The fourth-order valence-corrected chi connectivity index (χ4v) is 2.38. The summed E-state index contributed by atoms with van der Waals surface area (Å²) in [7, 11) is 2.09. The second-order valence-corrected chi connectivity index (χ2v) is 5.00. The van der Waals surface area contributed by atoms with Gasteiger partial charge in [-0.05, 0) is 19.4 Å². The van der Waals surface area contributed by atoms with Crippen molar-refractivity contribution < 1.29 is 4.79 Å². The average Bonchev–Trinajstić information content (AvgIpc) is 2.94. The van der Waals surface area contributed by atoms with E-state index in [0.29, 0.717) is 24.3 Å². The highest BCUT2D eigenvalue weighted by molar-refractivity contribution is 5.82. The van der Waals surface area contributed by atoms with Gasteiger partial charge in [0.15, 0.2) is 0 Å². The lowest BCUT2D eigenvalue weighted by Gasteiger charge is -2.39. The molecule has 0 radical (unpaired) electrons. The van der Waals surface area contributed by atoms with Crippen molar-refractivity contribution in [2.24, 2.45) is 17.6 Å². The Hall–Kier alpha value is -0.610. The first-order chi connectivity index (χ1) is 7.13. The van der Waals surface area contributed by atoms with Gasteiger partial charge in [-0.25, -0.2) is 0 Å². The standard InChI is InChI=1S/C11H21N3O/c1-8-5-10(8)11(15)14-4-3-13(2)7-9(14)6-12/h8-10H,3-7,12H2,1-2H3. The maximum atomic E-state index is 12.1. The van der Waals surface area contributed by atoms with Crippen LogP contribution in [0.5, 0.6) is 0 Å². The number of rotatable bonds is 2. The molecule has 15 heavy (non-hydrogen) atoms. The Morgan fingerprint density at radius 2 is 2.13 bits per heavy atom. The fourth-order valence-electron chi connectivity index (χ4n) is 2.38. The van der Waals surface area contributed by atoms with Crippen LogP contribution in [0.1, 0.15) is 13.3 Å². The van der Waals surface area contributed by atoms with Crippen molar-refractivity contribution in [2.45, 2.75) is 19.4 Å². The number of carbonyl (C=O) groups is 1. The van der Waals surface area contributed by atoms with E-state index in [-0.39, 0.29) is 6.04 Å². The highest BCUT2D eigenvalue weighted by atomic mass is 16.2. The molecular formula is C11H21N3O. The van der Waals surface area contributed by atoms with Crippen LogP contribution in [0, 0.1) is 11.8 Å². The first-order valence-electron chi connectivity index (χ1n) is 5.82. The summed E-state index contributed by atoms with van der Waals surface area (Å²) < 4.78 is 0. The number of hydrogen-bond acceptors (Lipinski definition) is 3. The molecule has 2 N–H and O–H groups in total. The Bertz CT molecular complexity index is 256. The van der Waals surface area contributed by atoms with Gasteiger partial charge >= 0.3 is 0 Å². The molecule has 2 fully saturated rings. The molecule has 86 valence electrons. The van der Waals surface area contributed by atoms with E-state index in [2.05, 4.69) is 18.9 Å². The molecule has 1 aliphatic heterocycles. The Labute approximate surface area is 91.4 Å². The summed E-state index contributed by atoms with van der Waals surface area (Å²) in [6.07, 6.45) is 1.07. The predicted molar refractivity (Wildman–Crippen MR) is 59.3 cm³/mol. The van der Waals surface area contributed by atoms with E-state index < -0.39 is 0 Å². The predicted octanol–water partition coefficient (Wildman–Crippen LogP) is -0.256. The van der Waals surface area contributed by atoms with Crippen LogP contribution in [0.15, 0.2) is 0 Å². The Morgan fingerprint density at radius 1 is 1.47 bits per heavy atom. The van der Waals surface area contributed by atoms with E-state index in [9.17, 15) is 4.79 Å². The Morgan fingerprint density at radius 3 is 2.67 bits per heavy atom. The van der Waals surface area contributed by atoms with Gasteiger partial charge in [-0.1, -0.05) is 6.92 Å². The maximum absolute atomic E-state index is 12.1. The quantitative estimate of drug-likeness (QED) is 0.685. The molecule has 1 saturated carbocycles. The third-order valence-electron chi connectivity index (χ3n) is 3.67. The third-order valence-corrected chi connectivity index (χ3v) is 3.67. The number of nitrogens with two attached hydrogens (primary N) is 1. The topological polar surface area (TPSA) is 49.6 Å². The number of amides is 1. The molecule has 4 nitrogen and oxygen atoms in total. The van der Waals surface area contributed by atoms with Crippen LogP contribution in [-0.4, -0.2) is 55.0 Å². The summed E-state index contributed by atoms with van der Waals surface area (Å²) in [4.78, 5) is 16.4. The van der Waals surface area contributed by atoms with Gasteiger partial charge < -0.3 is 15.5 Å². The Balaban J connectivity index is 1.97. The van der Waals surface area contributed by atoms with Gasteiger partial charge in [0.1, 0.15) is 0 Å². The van der Waals surface area contributed by atoms with Crippen molar-refractivity contribution in [1.29, 1.82) is 0 Å². The summed E-state index contributed by atoms with van der Waals surface area (Å²) >= 11 is 0. The summed E-state index contributed by atoms with van der Waals surface area (Å²) in [6.45, 7) is 5.47. The number of hydrogen-bond donors (Lipinski definition) is 1. The lowest BCUT2D eigenvalue weighted by molar-refractivity contribution is -0.137. The number of likely N-dealkylation sites (N-methyl/N-ethyl adjacent to an activating group) is 1. The molecule has 2 rings (SSSR count). The van der Waals surface area contributed by atoms with Crippen molar-refractivity contribution in [3.05, 3.63) is 0 Å². The Kier molecular flexibility index (Phi) is 2.98. The monoisotopic (exact) mass is 211 g/mol. The van der Waals surface area contributed by atoms with Gasteiger partial charge in [-0.15, -0.1) is 0 Å². The third kappa shape index (κ3) is 2.16.